The number of anilines is 1. The van der Waals surface area contributed by atoms with Crippen molar-refractivity contribution in [3.8, 4) is 5.75 Å². The van der Waals surface area contributed by atoms with Gasteiger partial charge in [0, 0.05) is 18.4 Å². The lowest BCUT2D eigenvalue weighted by Gasteiger charge is -2.19. The maximum absolute atomic E-state index is 12.2. The average Bonchev–Trinajstić information content (AvgIpc) is 3.18. The van der Waals surface area contributed by atoms with Crippen LogP contribution in [0.25, 0.3) is 0 Å². The lowest BCUT2D eigenvalue weighted by atomic mass is 10.1. The van der Waals surface area contributed by atoms with E-state index in [2.05, 4.69) is 15.5 Å². The number of fused-ring (bicyclic) bond motifs is 1. The normalized spacial score (nSPS) is 17.7. The number of hydrogen-bond donors (Lipinski definition) is 1. The number of aliphatic imine (C=N–C) groups is 1. The number of hydrogen-bond acceptors (Lipinski definition) is 6. The number of amidine groups is 1. The van der Waals surface area contributed by atoms with E-state index in [1.165, 1.54) is 4.31 Å². The highest BCUT2D eigenvalue weighted by atomic mass is 32.2. The number of hydrazone groups is 1. The van der Waals surface area contributed by atoms with Crippen molar-refractivity contribution >= 4 is 44.0 Å². The first-order chi connectivity index (χ1) is 14.0. The van der Waals surface area contributed by atoms with Crippen LogP contribution in [0.15, 0.2) is 52.6 Å². The fourth-order valence-electron chi connectivity index (χ4n) is 3.31. The summed E-state index contributed by atoms with van der Waals surface area (Å²) in [6.07, 6.45) is 0.721. The monoisotopic (exact) mass is 430 g/mol. The smallest absolute Gasteiger partial charge is 0.234 e. The van der Waals surface area contributed by atoms with Gasteiger partial charge in [0.1, 0.15) is 5.75 Å². The molecule has 2 aliphatic rings. The number of nitrogens with one attached hydrogen (secondary N) is 1. The van der Waals surface area contributed by atoms with E-state index >= 15 is 0 Å². The lowest BCUT2D eigenvalue weighted by Crippen LogP contribution is -2.30. The molecular formula is C20H22N4O3S2. The summed E-state index contributed by atoms with van der Waals surface area (Å²) in [5.74, 6) is 1.55. The molecule has 4 rings (SSSR count). The van der Waals surface area contributed by atoms with Crippen molar-refractivity contribution in [1.82, 2.24) is 5.43 Å². The highest BCUT2D eigenvalue weighted by Crippen LogP contribution is 2.32. The maximum atomic E-state index is 12.2. The molecule has 0 bridgehead atoms. The fraction of sp³-hybridized carbons (Fsp3) is 0.300. The topological polar surface area (TPSA) is 83.4 Å². The van der Waals surface area contributed by atoms with Gasteiger partial charge in [0.2, 0.25) is 10.0 Å². The van der Waals surface area contributed by atoms with Gasteiger partial charge in [0.25, 0.3) is 0 Å². The Bertz CT molecular complexity index is 1100. The summed E-state index contributed by atoms with van der Waals surface area (Å²) in [5, 5.41) is 5.21. The van der Waals surface area contributed by atoms with E-state index in [1.54, 1.807) is 25.8 Å². The van der Waals surface area contributed by atoms with E-state index in [9.17, 15) is 8.42 Å². The first kappa shape index (κ1) is 19.8. The van der Waals surface area contributed by atoms with Crippen LogP contribution in [0.3, 0.4) is 0 Å². The van der Waals surface area contributed by atoms with Crippen molar-refractivity contribution in [1.29, 1.82) is 0 Å². The number of nitrogens with zero attached hydrogens (tertiary/aromatic N) is 3. The van der Waals surface area contributed by atoms with Crippen LogP contribution in [-0.2, 0) is 16.4 Å². The molecule has 0 spiro atoms. The molecule has 0 fully saturated rings. The molecule has 2 heterocycles. The van der Waals surface area contributed by atoms with Gasteiger partial charge in [0.05, 0.1) is 29.9 Å². The molecule has 0 radical (unpaired) electrons. The minimum atomic E-state index is -3.23. The van der Waals surface area contributed by atoms with E-state index in [-0.39, 0.29) is 5.75 Å². The maximum Gasteiger partial charge on any atom is 0.234 e. The van der Waals surface area contributed by atoms with Crippen LogP contribution < -0.4 is 14.5 Å². The summed E-state index contributed by atoms with van der Waals surface area (Å²) in [7, 11) is -1.60. The van der Waals surface area contributed by atoms with Gasteiger partial charge in [0.15, 0.2) is 5.17 Å². The number of methoxy groups -OCH3 is 1. The average molecular weight is 431 g/mol. The Morgan fingerprint density at radius 3 is 2.86 bits per heavy atom. The van der Waals surface area contributed by atoms with Crippen LogP contribution >= 0.6 is 11.8 Å². The Hall–Kier alpha value is -2.52. The van der Waals surface area contributed by atoms with Crippen LogP contribution in [0.1, 0.15) is 18.1 Å². The Morgan fingerprint density at radius 1 is 1.28 bits per heavy atom. The van der Waals surface area contributed by atoms with Crippen molar-refractivity contribution in [3.05, 3.63) is 53.6 Å². The molecule has 152 valence electrons. The van der Waals surface area contributed by atoms with Crippen molar-refractivity contribution in [2.45, 2.75) is 13.3 Å². The highest BCUT2D eigenvalue weighted by molar-refractivity contribution is 8.14. The van der Waals surface area contributed by atoms with E-state index in [0.29, 0.717) is 12.3 Å². The summed E-state index contributed by atoms with van der Waals surface area (Å²) in [6, 6.07) is 13.4. The molecule has 0 atom stereocenters. The third kappa shape index (κ3) is 4.11. The molecule has 7 nitrogen and oxygen atoms in total. The second kappa shape index (κ2) is 8.08. The largest absolute Gasteiger partial charge is 0.497 e. The SMILES string of the molecule is CCS(=O)(=O)N1CCc2cc(C3=NNC(=Nc4cccc(OC)c4)SC3)ccc21. The number of sulfonamides is 1. The van der Waals surface area contributed by atoms with Crippen LogP contribution in [-0.4, -0.2) is 44.5 Å². The number of ether oxygens (including phenoxy) is 1. The molecule has 0 unspecified atom stereocenters. The van der Waals surface area contributed by atoms with Crippen LogP contribution in [0.2, 0.25) is 0 Å². The second-order valence-electron chi connectivity index (χ2n) is 6.64. The number of rotatable bonds is 5. The van der Waals surface area contributed by atoms with Crippen molar-refractivity contribution in [3.63, 3.8) is 0 Å². The second-order valence-corrected chi connectivity index (χ2v) is 9.79. The van der Waals surface area contributed by atoms with Crippen LogP contribution in [0.5, 0.6) is 5.75 Å². The number of benzene rings is 2. The zero-order valence-corrected chi connectivity index (χ0v) is 17.9. The van der Waals surface area contributed by atoms with Gasteiger partial charge in [-0.25, -0.2) is 13.4 Å². The molecule has 2 aliphatic heterocycles. The fourth-order valence-corrected chi connectivity index (χ4v) is 5.26. The molecule has 9 heteroatoms. The van der Waals surface area contributed by atoms with Gasteiger partial charge in [-0.2, -0.15) is 5.10 Å². The van der Waals surface area contributed by atoms with Crippen molar-refractivity contribution in [2.75, 3.05) is 29.5 Å². The molecule has 2 aromatic rings. The van der Waals surface area contributed by atoms with Gasteiger partial charge >= 0.3 is 0 Å². The molecule has 0 saturated carbocycles. The predicted octanol–water partition coefficient (Wildman–Crippen LogP) is 3.14. The first-order valence-corrected chi connectivity index (χ1v) is 11.9. The van der Waals surface area contributed by atoms with Crippen LogP contribution in [0, 0.1) is 0 Å². The van der Waals surface area contributed by atoms with E-state index in [4.69, 9.17) is 4.74 Å². The molecule has 29 heavy (non-hydrogen) atoms. The van der Waals surface area contributed by atoms with Gasteiger partial charge < -0.3 is 4.74 Å². The Labute approximate surface area is 174 Å². The first-order valence-electron chi connectivity index (χ1n) is 9.32. The molecular weight excluding hydrogens is 408 g/mol. The molecule has 0 aromatic heterocycles. The number of thioether (sulfide) groups is 1. The van der Waals surface area contributed by atoms with Gasteiger partial charge in [-0.3, -0.25) is 9.73 Å². The molecule has 0 aliphatic carbocycles. The zero-order valence-electron chi connectivity index (χ0n) is 16.3. The summed E-state index contributed by atoms with van der Waals surface area (Å²) in [5.41, 5.74) is 7.56. The van der Waals surface area contributed by atoms with E-state index in [1.807, 2.05) is 42.5 Å². The van der Waals surface area contributed by atoms with Gasteiger partial charge in [-0.05, 0) is 48.7 Å². The summed E-state index contributed by atoms with van der Waals surface area (Å²) in [4.78, 5) is 4.57. The summed E-state index contributed by atoms with van der Waals surface area (Å²) in [6.45, 7) is 2.18. The highest BCUT2D eigenvalue weighted by Gasteiger charge is 2.28. The minimum Gasteiger partial charge on any atom is -0.497 e. The summed E-state index contributed by atoms with van der Waals surface area (Å²) >= 11 is 1.58. The molecule has 1 N–H and O–H groups in total. The summed E-state index contributed by atoms with van der Waals surface area (Å²) < 4.78 is 31.2. The molecule has 2 aromatic carbocycles. The standard InChI is InChI=1S/C20H22N4O3S2/c1-3-29(25,26)24-10-9-15-11-14(7-8-19(15)24)18-13-28-20(23-22-18)21-16-5-4-6-17(12-16)27-2/h4-8,11-12H,3,9-10,13H2,1-2H3,(H,21,23). The van der Waals surface area contributed by atoms with Crippen molar-refractivity contribution in [2.24, 2.45) is 10.1 Å². The third-order valence-corrected chi connectivity index (χ3v) is 7.54. The quantitative estimate of drug-likeness (QED) is 0.788. The Morgan fingerprint density at radius 2 is 2.14 bits per heavy atom. The predicted molar refractivity (Wildman–Crippen MR) is 119 cm³/mol. The lowest BCUT2D eigenvalue weighted by molar-refractivity contribution is 0.415. The third-order valence-electron chi connectivity index (χ3n) is 4.88. The van der Waals surface area contributed by atoms with Gasteiger partial charge in [-0.15, -0.1) is 0 Å². The van der Waals surface area contributed by atoms with Crippen LogP contribution in [0.4, 0.5) is 11.4 Å². The van der Waals surface area contributed by atoms with Gasteiger partial charge in [-0.1, -0.05) is 23.9 Å². The molecule has 0 amide bonds. The van der Waals surface area contributed by atoms with E-state index < -0.39 is 10.0 Å². The minimum absolute atomic E-state index is 0.108. The van der Waals surface area contributed by atoms with Crippen molar-refractivity contribution < 1.29 is 13.2 Å². The Balaban J connectivity index is 1.52. The zero-order chi connectivity index (χ0) is 20.4. The Kier molecular flexibility index (Phi) is 5.51. The van der Waals surface area contributed by atoms with E-state index in [0.717, 1.165) is 45.6 Å². The molecule has 0 saturated heterocycles.